The van der Waals surface area contributed by atoms with Crippen LogP contribution in [0.25, 0.3) is 0 Å². The molecule has 3 aromatic rings. The van der Waals surface area contributed by atoms with Crippen LogP contribution in [0.5, 0.6) is 5.75 Å². The van der Waals surface area contributed by atoms with Gasteiger partial charge in [-0.3, -0.25) is 14.6 Å². The van der Waals surface area contributed by atoms with E-state index in [0.29, 0.717) is 34.9 Å². The third-order valence-corrected chi connectivity index (χ3v) is 11.0. The van der Waals surface area contributed by atoms with Crippen molar-refractivity contribution in [1.82, 2.24) is 9.80 Å². The molecule has 6 rings (SSSR count). The van der Waals surface area contributed by atoms with E-state index in [4.69, 9.17) is 10.5 Å². The molecule has 6 heteroatoms. The molecule has 1 saturated carbocycles. The summed E-state index contributed by atoms with van der Waals surface area (Å²) in [6, 6.07) is 24.9. The highest BCUT2D eigenvalue weighted by atomic mass is 16.5. The molecule has 3 fully saturated rings. The summed E-state index contributed by atoms with van der Waals surface area (Å²) in [4.78, 5) is 19.5. The van der Waals surface area contributed by atoms with Gasteiger partial charge < -0.3 is 15.4 Å². The highest BCUT2D eigenvalue weighted by molar-refractivity contribution is 5.93. The number of hydrogen-bond acceptors (Lipinski definition) is 5. The molecule has 1 amide bonds. The van der Waals surface area contributed by atoms with Crippen molar-refractivity contribution < 1.29 is 9.53 Å². The zero-order chi connectivity index (χ0) is 31.7. The lowest BCUT2D eigenvalue weighted by Gasteiger charge is -2.58. The minimum Gasteiger partial charge on any atom is -0.496 e. The normalized spacial score (nSPS) is 21.0. The summed E-state index contributed by atoms with van der Waals surface area (Å²) in [6.45, 7) is 15.5. The number of amides is 1. The molecule has 0 radical (unpaired) electrons. The molecule has 0 aromatic heterocycles. The first-order valence-electron chi connectivity index (χ1n) is 17.0. The van der Waals surface area contributed by atoms with Crippen LogP contribution >= 0.6 is 0 Å². The first-order valence-corrected chi connectivity index (χ1v) is 17.0. The Labute approximate surface area is 270 Å². The molecule has 1 aliphatic carbocycles. The average molecular weight is 609 g/mol. The molecule has 45 heavy (non-hydrogen) atoms. The first kappa shape index (κ1) is 31.6. The average Bonchev–Trinajstić information content (AvgIpc) is 3.03. The fourth-order valence-corrected chi connectivity index (χ4v) is 8.30. The van der Waals surface area contributed by atoms with Crippen molar-refractivity contribution in [2.24, 2.45) is 11.1 Å². The number of rotatable bonds is 9. The molecule has 2 saturated heterocycles. The van der Waals surface area contributed by atoms with Gasteiger partial charge in [0.25, 0.3) is 0 Å². The van der Waals surface area contributed by atoms with Crippen LogP contribution in [0.2, 0.25) is 0 Å². The Hall–Kier alpha value is -3.35. The third-order valence-electron chi connectivity index (χ3n) is 11.0. The summed E-state index contributed by atoms with van der Waals surface area (Å²) in [6.07, 6.45) is 5.08. The number of carbonyl (C=O) groups is 1. The highest BCUT2D eigenvalue weighted by Gasteiger charge is 2.50. The number of nitrogens with zero attached hydrogens (tertiary/aromatic N) is 3. The Kier molecular flexibility index (Phi) is 9.26. The van der Waals surface area contributed by atoms with Crippen LogP contribution in [0.3, 0.4) is 0 Å². The number of methoxy groups -OCH3 is 1. The smallest absolute Gasteiger partial charge is 0.248 e. The SMILES string of the molecule is COc1cc(CN2CCN(C3CC4(CCN(c5ccc(C(N)=O)cc5)CC4)C3)[C@H](c3ccccc3C(C)C)C2)ccc1C(C)C. The largest absolute Gasteiger partial charge is 0.496 e. The van der Waals surface area contributed by atoms with Crippen molar-refractivity contribution in [3.8, 4) is 5.75 Å². The fourth-order valence-electron chi connectivity index (χ4n) is 8.30. The topological polar surface area (TPSA) is 62.0 Å². The van der Waals surface area contributed by atoms with E-state index in [1.165, 1.54) is 53.6 Å². The van der Waals surface area contributed by atoms with Crippen LogP contribution in [0.4, 0.5) is 5.69 Å². The van der Waals surface area contributed by atoms with E-state index < -0.39 is 0 Å². The van der Waals surface area contributed by atoms with Crippen molar-refractivity contribution in [3.05, 3.63) is 94.5 Å². The van der Waals surface area contributed by atoms with E-state index >= 15 is 0 Å². The lowest BCUT2D eigenvalue weighted by atomic mass is 9.59. The van der Waals surface area contributed by atoms with Crippen LogP contribution in [0.15, 0.2) is 66.7 Å². The lowest BCUT2D eigenvalue weighted by Crippen LogP contribution is -2.60. The van der Waals surface area contributed by atoms with Gasteiger partial charge in [0.1, 0.15) is 5.75 Å². The van der Waals surface area contributed by atoms with Crippen LogP contribution < -0.4 is 15.4 Å². The van der Waals surface area contributed by atoms with E-state index in [1.54, 1.807) is 7.11 Å². The number of hydrogen-bond donors (Lipinski definition) is 1. The second-order valence-corrected chi connectivity index (χ2v) is 14.5. The minimum atomic E-state index is -0.365. The molecule has 1 spiro atoms. The maximum absolute atomic E-state index is 11.5. The Morgan fingerprint density at radius 2 is 1.58 bits per heavy atom. The molecule has 3 aliphatic rings. The highest BCUT2D eigenvalue weighted by Crippen LogP contribution is 2.53. The summed E-state index contributed by atoms with van der Waals surface area (Å²) in [5, 5.41) is 0. The Morgan fingerprint density at radius 3 is 2.22 bits per heavy atom. The Morgan fingerprint density at radius 1 is 0.889 bits per heavy atom. The predicted molar refractivity (Wildman–Crippen MR) is 184 cm³/mol. The number of anilines is 1. The van der Waals surface area contributed by atoms with Gasteiger partial charge in [-0.05, 0) is 95.5 Å². The zero-order valence-corrected chi connectivity index (χ0v) is 28.0. The minimum absolute atomic E-state index is 0.365. The molecule has 0 unspecified atom stereocenters. The molecule has 1 atom stereocenters. The van der Waals surface area contributed by atoms with Crippen LogP contribution in [0, 0.1) is 5.41 Å². The number of benzene rings is 3. The molecular weight excluding hydrogens is 556 g/mol. The van der Waals surface area contributed by atoms with Gasteiger partial charge in [0, 0.05) is 62.6 Å². The third kappa shape index (κ3) is 6.64. The number of ether oxygens (including phenoxy) is 1. The quantitative estimate of drug-likeness (QED) is 0.275. The van der Waals surface area contributed by atoms with Gasteiger partial charge in [0.15, 0.2) is 0 Å². The standard InChI is InChI=1S/C39H52N4O2/c1-27(2)33-8-6-7-9-35(33)36-26-41(25-29-10-15-34(28(3)4)37(22-29)45-5)20-21-43(36)32-23-39(24-32)16-18-42(19-17-39)31-13-11-30(12-14-31)38(40)44/h6-15,22,27-28,32,36H,16-21,23-26H2,1-5H3,(H2,40,44)/t36-/m0/s1. The van der Waals surface area contributed by atoms with Crippen molar-refractivity contribution in [3.63, 3.8) is 0 Å². The van der Waals surface area contributed by atoms with Gasteiger partial charge in [-0.25, -0.2) is 0 Å². The molecule has 6 nitrogen and oxygen atoms in total. The Balaban J connectivity index is 1.15. The summed E-state index contributed by atoms with van der Waals surface area (Å²) in [5.74, 6) is 1.59. The summed E-state index contributed by atoms with van der Waals surface area (Å²) < 4.78 is 5.79. The first-order chi connectivity index (χ1) is 21.7. The molecular formula is C39H52N4O2. The van der Waals surface area contributed by atoms with E-state index in [1.807, 2.05) is 24.3 Å². The Bertz CT molecular complexity index is 1470. The monoisotopic (exact) mass is 608 g/mol. The van der Waals surface area contributed by atoms with Gasteiger partial charge in [0.05, 0.1) is 7.11 Å². The van der Waals surface area contributed by atoms with Crippen molar-refractivity contribution >= 4 is 11.6 Å². The summed E-state index contributed by atoms with van der Waals surface area (Å²) >= 11 is 0. The summed E-state index contributed by atoms with van der Waals surface area (Å²) in [7, 11) is 1.79. The number of carbonyl (C=O) groups excluding carboxylic acids is 1. The van der Waals surface area contributed by atoms with Crippen LogP contribution in [-0.4, -0.2) is 61.6 Å². The second-order valence-electron chi connectivity index (χ2n) is 14.5. The van der Waals surface area contributed by atoms with Crippen molar-refractivity contribution in [1.29, 1.82) is 0 Å². The van der Waals surface area contributed by atoms with E-state index in [9.17, 15) is 4.79 Å². The maximum Gasteiger partial charge on any atom is 0.248 e. The maximum atomic E-state index is 11.5. The zero-order valence-electron chi connectivity index (χ0n) is 28.0. The second kappa shape index (κ2) is 13.2. The molecule has 2 heterocycles. The van der Waals surface area contributed by atoms with Gasteiger partial charge in [-0.2, -0.15) is 0 Å². The molecule has 2 N–H and O–H groups in total. The van der Waals surface area contributed by atoms with Gasteiger partial charge in [-0.1, -0.05) is 64.1 Å². The van der Waals surface area contributed by atoms with Crippen LogP contribution in [0.1, 0.15) is 104 Å². The van der Waals surface area contributed by atoms with Crippen molar-refractivity contribution in [2.45, 2.75) is 83.8 Å². The molecule has 240 valence electrons. The number of primary amides is 1. The number of nitrogens with two attached hydrogens (primary N) is 1. The van der Waals surface area contributed by atoms with Gasteiger partial charge >= 0.3 is 0 Å². The lowest BCUT2D eigenvalue weighted by molar-refractivity contribution is -0.0628. The van der Waals surface area contributed by atoms with E-state index in [-0.39, 0.29) is 5.91 Å². The molecule has 2 aliphatic heterocycles. The van der Waals surface area contributed by atoms with Gasteiger partial charge in [0.2, 0.25) is 5.91 Å². The van der Waals surface area contributed by atoms with E-state index in [2.05, 4.69) is 84.9 Å². The van der Waals surface area contributed by atoms with Crippen molar-refractivity contribution in [2.75, 3.05) is 44.7 Å². The van der Waals surface area contributed by atoms with E-state index in [0.717, 1.165) is 45.0 Å². The predicted octanol–water partition coefficient (Wildman–Crippen LogP) is 7.35. The fraction of sp³-hybridized carbons (Fsp3) is 0.513. The number of piperidine rings is 1. The number of piperazine rings is 1. The molecule has 3 aromatic carbocycles. The summed E-state index contributed by atoms with van der Waals surface area (Å²) in [5.41, 5.74) is 13.3. The van der Waals surface area contributed by atoms with Gasteiger partial charge in [-0.15, -0.1) is 0 Å². The molecule has 0 bridgehead atoms. The van der Waals surface area contributed by atoms with Crippen LogP contribution in [-0.2, 0) is 6.54 Å².